The lowest BCUT2D eigenvalue weighted by Crippen LogP contribution is -2.72. The Morgan fingerprint density at radius 2 is 2.03 bits per heavy atom. The van der Waals surface area contributed by atoms with Crippen molar-refractivity contribution in [3.63, 3.8) is 0 Å². The number of hydrogen-bond acceptors (Lipinski definition) is 8. The van der Waals surface area contributed by atoms with E-state index in [0.717, 1.165) is 0 Å². The Bertz CT molecular complexity index is 988. The van der Waals surface area contributed by atoms with E-state index in [9.17, 15) is 29.6 Å². The number of esters is 1. The van der Waals surface area contributed by atoms with Gasteiger partial charge in [-0.3, -0.25) is 29.6 Å². The fraction of sp³-hybridized carbons (Fsp3) is 0.368. The number of nitro benzene ring substituents is 1. The molecule has 1 N–H and O–H groups in total. The first-order chi connectivity index (χ1) is 14.1. The lowest BCUT2D eigenvalue weighted by molar-refractivity contribution is -0.384. The Labute approximate surface area is 175 Å². The second kappa shape index (κ2) is 7.90. The maximum Gasteiger partial charge on any atom is 0.352 e. The zero-order chi connectivity index (χ0) is 22.2. The number of nitrogens with zero attached hydrogens (tertiary/aromatic N) is 3. The highest BCUT2D eigenvalue weighted by atomic mass is 32.2. The molecule has 0 aromatic heterocycles. The van der Waals surface area contributed by atoms with E-state index in [0.29, 0.717) is 11.1 Å². The van der Waals surface area contributed by atoms with E-state index in [4.69, 9.17) is 4.74 Å². The fourth-order valence-electron chi connectivity index (χ4n) is 3.29. The van der Waals surface area contributed by atoms with Gasteiger partial charge in [0.1, 0.15) is 17.7 Å². The topological polar surface area (TPSA) is 139 Å². The molecule has 11 heteroatoms. The number of non-ortho nitro benzene ring substituents is 1. The zero-order valence-electron chi connectivity index (χ0n) is 16.4. The second-order valence-corrected chi connectivity index (χ2v) is 8.45. The minimum Gasteiger partial charge on any atom is -0.477 e. The second-order valence-electron chi connectivity index (χ2n) is 7.02. The fourth-order valence-corrected chi connectivity index (χ4v) is 4.77. The number of thioether (sulfide) groups is 1. The number of nitro groups is 1. The molecule has 0 radical (unpaired) electrons. The number of fused-ring (bicyclic) bond motifs is 1. The van der Waals surface area contributed by atoms with Crippen LogP contribution in [0.15, 0.2) is 40.5 Å². The van der Waals surface area contributed by atoms with Crippen molar-refractivity contribution in [1.29, 1.82) is 0 Å². The number of carboxylic acid groups (broad SMARTS) is 1. The summed E-state index contributed by atoms with van der Waals surface area (Å²) in [6.07, 6.45) is 1.45. The summed E-state index contributed by atoms with van der Waals surface area (Å²) in [5.41, 5.74) is -0.493. The molecule has 1 aromatic rings. The Kier molecular flexibility index (Phi) is 5.66. The molecule has 1 aromatic carbocycles. The van der Waals surface area contributed by atoms with E-state index < -0.39 is 33.7 Å². The van der Waals surface area contributed by atoms with Gasteiger partial charge >= 0.3 is 11.9 Å². The first-order valence-electron chi connectivity index (χ1n) is 8.94. The van der Waals surface area contributed by atoms with Crippen LogP contribution in [0.1, 0.15) is 26.3 Å². The number of β-lactam (4-membered cyclic amide) rings is 1. The summed E-state index contributed by atoms with van der Waals surface area (Å²) in [7, 11) is 0. The van der Waals surface area contributed by atoms with Crippen molar-refractivity contribution >= 4 is 41.5 Å². The molecular weight excluding hydrogens is 414 g/mol. The SMILES string of the molecule is CC(=O)OCC1=C(C(=O)O)N2C(=O)[C@](C)(N=Cc3ccc([N+](=O)[O-])cc3)[C@@H]2SC1C. The van der Waals surface area contributed by atoms with Gasteiger partial charge in [0, 0.05) is 36.1 Å². The average molecular weight is 433 g/mol. The number of ether oxygens (including phenoxy) is 1. The highest BCUT2D eigenvalue weighted by molar-refractivity contribution is 8.00. The zero-order valence-corrected chi connectivity index (χ0v) is 17.2. The van der Waals surface area contributed by atoms with Crippen LogP contribution in [0.2, 0.25) is 0 Å². The molecule has 2 aliphatic heterocycles. The molecule has 1 unspecified atom stereocenters. The monoisotopic (exact) mass is 433 g/mol. The van der Waals surface area contributed by atoms with Crippen molar-refractivity contribution in [2.45, 2.75) is 36.9 Å². The van der Waals surface area contributed by atoms with Gasteiger partial charge in [-0.2, -0.15) is 0 Å². The first-order valence-corrected chi connectivity index (χ1v) is 9.89. The molecule has 2 heterocycles. The molecule has 0 aliphatic carbocycles. The summed E-state index contributed by atoms with van der Waals surface area (Å²) in [5, 5.41) is 19.6. The van der Waals surface area contributed by atoms with Crippen molar-refractivity contribution in [1.82, 2.24) is 4.90 Å². The quantitative estimate of drug-likeness (QED) is 0.236. The van der Waals surface area contributed by atoms with Crippen LogP contribution in [0.5, 0.6) is 0 Å². The normalized spacial score (nSPS) is 25.7. The molecule has 10 nitrogen and oxygen atoms in total. The van der Waals surface area contributed by atoms with Crippen molar-refractivity contribution in [3.05, 3.63) is 51.2 Å². The van der Waals surface area contributed by atoms with Crippen molar-refractivity contribution in [3.8, 4) is 0 Å². The summed E-state index contributed by atoms with van der Waals surface area (Å²) in [6.45, 7) is 4.43. The largest absolute Gasteiger partial charge is 0.477 e. The number of carboxylic acids is 1. The summed E-state index contributed by atoms with van der Waals surface area (Å²) in [6, 6.07) is 5.70. The van der Waals surface area contributed by atoms with Gasteiger partial charge < -0.3 is 9.84 Å². The van der Waals surface area contributed by atoms with Gasteiger partial charge in [0.05, 0.1) is 4.92 Å². The average Bonchev–Trinajstić information content (AvgIpc) is 2.70. The lowest BCUT2D eigenvalue weighted by atomic mass is 9.88. The Morgan fingerprint density at radius 3 is 2.57 bits per heavy atom. The number of amides is 1. The summed E-state index contributed by atoms with van der Waals surface area (Å²) < 4.78 is 4.97. The number of hydrogen-bond donors (Lipinski definition) is 1. The molecule has 1 amide bonds. The van der Waals surface area contributed by atoms with Crippen LogP contribution in [0.25, 0.3) is 0 Å². The molecule has 1 saturated heterocycles. The summed E-state index contributed by atoms with van der Waals surface area (Å²) >= 11 is 1.36. The number of aliphatic imine (C=N–C) groups is 1. The highest BCUT2D eigenvalue weighted by Crippen LogP contribution is 2.50. The van der Waals surface area contributed by atoms with Crippen LogP contribution < -0.4 is 0 Å². The number of rotatable bonds is 6. The Balaban J connectivity index is 1.87. The molecule has 0 spiro atoms. The van der Waals surface area contributed by atoms with Gasteiger partial charge in [0.2, 0.25) is 0 Å². The first kappa shape index (κ1) is 21.5. The standard InChI is InChI=1S/C19H19N3O7S/c1-10-14(9-29-11(2)23)15(16(24)25)21-17(26)19(3,18(21)30-10)20-8-12-4-6-13(7-5-12)22(27)28/h4-8,10,18H,9H2,1-3H3,(H,24,25)/t10?,18-,19-/m0/s1. The molecule has 2 aliphatic rings. The van der Waals surface area contributed by atoms with E-state index in [-0.39, 0.29) is 23.2 Å². The van der Waals surface area contributed by atoms with Gasteiger partial charge in [-0.25, -0.2) is 4.79 Å². The van der Waals surface area contributed by atoms with Crippen LogP contribution >= 0.6 is 11.8 Å². The number of benzene rings is 1. The van der Waals surface area contributed by atoms with E-state index in [2.05, 4.69) is 4.99 Å². The van der Waals surface area contributed by atoms with Crippen LogP contribution in [0, 0.1) is 10.1 Å². The minimum atomic E-state index is -1.27. The van der Waals surface area contributed by atoms with E-state index in [1.807, 2.05) is 0 Å². The molecule has 3 atom stereocenters. The maximum absolute atomic E-state index is 12.9. The van der Waals surface area contributed by atoms with Gasteiger partial charge in [-0.05, 0) is 31.5 Å². The smallest absolute Gasteiger partial charge is 0.352 e. The molecule has 0 saturated carbocycles. The predicted molar refractivity (Wildman–Crippen MR) is 108 cm³/mol. The number of aliphatic carboxylic acids is 1. The molecule has 3 rings (SSSR count). The molecule has 1 fully saturated rings. The number of carbonyl (C=O) groups is 3. The summed E-state index contributed by atoms with van der Waals surface area (Å²) in [4.78, 5) is 51.7. The minimum absolute atomic E-state index is 0.0579. The van der Waals surface area contributed by atoms with Gasteiger partial charge in [-0.1, -0.05) is 0 Å². The van der Waals surface area contributed by atoms with Crippen molar-refractivity contribution in [2.24, 2.45) is 4.99 Å². The molecule has 0 bridgehead atoms. The van der Waals surface area contributed by atoms with Crippen molar-refractivity contribution in [2.75, 3.05) is 6.61 Å². The Morgan fingerprint density at radius 1 is 1.40 bits per heavy atom. The highest BCUT2D eigenvalue weighted by Gasteiger charge is 2.63. The van der Waals surface area contributed by atoms with E-state index in [1.165, 1.54) is 54.1 Å². The molecule has 158 valence electrons. The lowest BCUT2D eigenvalue weighted by Gasteiger charge is -2.55. The third-order valence-corrected chi connectivity index (χ3v) is 6.58. The van der Waals surface area contributed by atoms with Gasteiger partial charge in [-0.15, -0.1) is 11.8 Å². The Hall–Kier alpha value is -3.21. The third-order valence-electron chi connectivity index (χ3n) is 4.96. The molecule has 30 heavy (non-hydrogen) atoms. The van der Waals surface area contributed by atoms with Crippen molar-refractivity contribution < 1.29 is 29.2 Å². The van der Waals surface area contributed by atoms with Gasteiger partial charge in [0.25, 0.3) is 11.6 Å². The van der Waals surface area contributed by atoms with E-state index in [1.54, 1.807) is 13.8 Å². The van der Waals surface area contributed by atoms with E-state index >= 15 is 0 Å². The number of carbonyl (C=O) groups excluding carboxylic acids is 2. The maximum atomic E-state index is 12.9. The molecular formula is C19H19N3O7S. The van der Waals surface area contributed by atoms with Crippen LogP contribution in [-0.2, 0) is 19.1 Å². The van der Waals surface area contributed by atoms with Crippen LogP contribution in [0.3, 0.4) is 0 Å². The third kappa shape index (κ3) is 3.67. The summed E-state index contributed by atoms with van der Waals surface area (Å²) in [5.74, 6) is -2.30. The van der Waals surface area contributed by atoms with Crippen LogP contribution in [0.4, 0.5) is 5.69 Å². The van der Waals surface area contributed by atoms with Gasteiger partial charge in [0.15, 0.2) is 5.54 Å². The predicted octanol–water partition coefficient (Wildman–Crippen LogP) is 1.98. The van der Waals surface area contributed by atoms with Crippen LogP contribution in [-0.4, -0.2) is 61.8 Å².